The summed E-state index contributed by atoms with van der Waals surface area (Å²) in [6.07, 6.45) is 11.6. The van der Waals surface area contributed by atoms with Gasteiger partial charge in [-0.2, -0.15) is 4.98 Å². The molecule has 0 amide bonds. The highest BCUT2D eigenvalue weighted by Crippen LogP contribution is 2.17. The van der Waals surface area contributed by atoms with Crippen molar-refractivity contribution in [3.8, 4) is 0 Å². The van der Waals surface area contributed by atoms with Crippen LogP contribution in [-0.4, -0.2) is 34.1 Å². The fourth-order valence-corrected chi connectivity index (χ4v) is 4.24. The van der Waals surface area contributed by atoms with Crippen LogP contribution < -0.4 is 21.3 Å². The number of benzene rings is 1. The first kappa shape index (κ1) is 24.1. The van der Waals surface area contributed by atoms with E-state index in [9.17, 15) is 0 Å². The van der Waals surface area contributed by atoms with Gasteiger partial charge in [0.05, 0.1) is 12.2 Å². The number of nitrogens with one attached hydrogen (secondary N) is 4. The first-order valence-electron chi connectivity index (χ1n) is 12.6. The second kappa shape index (κ2) is 13.6. The molecule has 0 radical (unpaired) electrons. The third-order valence-electron chi connectivity index (χ3n) is 6.20. The van der Waals surface area contributed by atoms with Crippen molar-refractivity contribution in [2.75, 3.05) is 23.7 Å². The Balaban J connectivity index is 1.12. The Morgan fingerprint density at radius 3 is 2.35 bits per heavy atom. The summed E-state index contributed by atoms with van der Waals surface area (Å²) in [5.41, 5.74) is 3.49. The van der Waals surface area contributed by atoms with Crippen LogP contribution >= 0.6 is 0 Å². The monoisotopic (exact) mass is 459 g/mol. The van der Waals surface area contributed by atoms with Gasteiger partial charge in [0, 0.05) is 31.5 Å². The zero-order chi connectivity index (χ0) is 23.3. The third kappa shape index (κ3) is 8.39. The number of hydrogen-bond acceptors (Lipinski definition) is 7. The molecule has 1 aromatic carbocycles. The van der Waals surface area contributed by atoms with Gasteiger partial charge >= 0.3 is 0 Å². The van der Waals surface area contributed by atoms with E-state index in [1.807, 2.05) is 24.3 Å². The highest BCUT2D eigenvalue weighted by atomic mass is 15.1. The van der Waals surface area contributed by atoms with Crippen LogP contribution in [-0.2, 0) is 19.6 Å². The number of nitrogens with zero attached hydrogens (tertiary/aromatic N) is 3. The van der Waals surface area contributed by atoms with Crippen molar-refractivity contribution >= 4 is 11.8 Å². The molecule has 4 rings (SSSR count). The number of anilines is 2. The largest absolute Gasteiger partial charge is 0.366 e. The molecule has 0 aliphatic heterocycles. The summed E-state index contributed by atoms with van der Waals surface area (Å²) < 4.78 is 0. The highest BCUT2D eigenvalue weighted by molar-refractivity contribution is 5.40. The molecule has 0 spiro atoms. The molecule has 1 fully saturated rings. The van der Waals surface area contributed by atoms with Crippen LogP contribution in [0.5, 0.6) is 0 Å². The summed E-state index contributed by atoms with van der Waals surface area (Å²) in [4.78, 5) is 13.1. The number of rotatable bonds is 13. The summed E-state index contributed by atoms with van der Waals surface area (Å²) in [6.45, 7) is 4.39. The maximum atomic E-state index is 4.54. The lowest BCUT2D eigenvalue weighted by Crippen LogP contribution is -2.33. The van der Waals surface area contributed by atoms with E-state index >= 15 is 0 Å². The van der Waals surface area contributed by atoms with E-state index in [0.29, 0.717) is 12.5 Å². The highest BCUT2D eigenvalue weighted by Gasteiger charge is 2.11. The van der Waals surface area contributed by atoms with E-state index in [4.69, 9.17) is 0 Å². The minimum absolute atomic E-state index is 0.589. The van der Waals surface area contributed by atoms with E-state index < -0.39 is 0 Å². The van der Waals surface area contributed by atoms with Gasteiger partial charge in [0.1, 0.15) is 5.82 Å². The predicted molar refractivity (Wildman–Crippen MR) is 139 cm³/mol. The predicted octanol–water partition coefficient (Wildman–Crippen LogP) is 4.50. The van der Waals surface area contributed by atoms with Crippen molar-refractivity contribution in [2.24, 2.45) is 0 Å². The summed E-state index contributed by atoms with van der Waals surface area (Å²) in [5, 5.41) is 13.9. The van der Waals surface area contributed by atoms with Crippen LogP contribution in [0.1, 0.15) is 55.3 Å². The van der Waals surface area contributed by atoms with Crippen LogP contribution in [0.3, 0.4) is 0 Å². The molecule has 1 saturated carbocycles. The molecule has 2 heterocycles. The van der Waals surface area contributed by atoms with Crippen molar-refractivity contribution in [1.29, 1.82) is 0 Å². The van der Waals surface area contributed by atoms with Gasteiger partial charge in [-0.25, -0.2) is 4.98 Å². The lowest BCUT2D eigenvalue weighted by Gasteiger charge is -2.22. The van der Waals surface area contributed by atoms with E-state index in [0.717, 1.165) is 43.7 Å². The zero-order valence-electron chi connectivity index (χ0n) is 20.0. The molecule has 1 aliphatic rings. The average molecular weight is 460 g/mol. The van der Waals surface area contributed by atoms with Crippen molar-refractivity contribution in [3.05, 3.63) is 77.7 Å². The van der Waals surface area contributed by atoms with Crippen molar-refractivity contribution in [1.82, 2.24) is 25.6 Å². The lowest BCUT2D eigenvalue weighted by molar-refractivity contribution is 0.371. The standard InChI is InChI=1S/C27H37N7/c1-2-7-24(8-3-1)29-17-6-15-28-19-22-10-12-23(13-11-22)20-32-26-14-18-31-27(34-26)33-21-25-9-4-5-16-30-25/h4-5,9-14,16,18,24,28-29H,1-3,6-8,15,17,19-21H2,(H2,31,32,33,34). The van der Waals surface area contributed by atoms with Crippen molar-refractivity contribution < 1.29 is 0 Å². The molecule has 1 aliphatic carbocycles. The third-order valence-corrected chi connectivity index (χ3v) is 6.20. The second-order valence-corrected chi connectivity index (χ2v) is 8.93. The smallest absolute Gasteiger partial charge is 0.224 e. The van der Waals surface area contributed by atoms with Crippen LogP contribution in [0.15, 0.2) is 60.9 Å². The summed E-state index contributed by atoms with van der Waals surface area (Å²) in [6, 6.07) is 17.2. The minimum atomic E-state index is 0.589. The topological polar surface area (TPSA) is 86.8 Å². The molecule has 7 nitrogen and oxygen atoms in total. The number of hydrogen-bond donors (Lipinski definition) is 4. The Morgan fingerprint density at radius 1 is 0.735 bits per heavy atom. The molecule has 0 saturated heterocycles. The second-order valence-electron chi connectivity index (χ2n) is 8.93. The molecule has 0 atom stereocenters. The van der Waals surface area contributed by atoms with Crippen LogP contribution in [0.25, 0.3) is 0 Å². The van der Waals surface area contributed by atoms with E-state index in [1.54, 1.807) is 12.4 Å². The van der Waals surface area contributed by atoms with E-state index in [-0.39, 0.29) is 0 Å². The fraction of sp³-hybridized carbons (Fsp3) is 0.444. The molecule has 0 bridgehead atoms. The fourth-order valence-electron chi connectivity index (χ4n) is 4.24. The molecule has 180 valence electrons. The van der Waals surface area contributed by atoms with E-state index in [1.165, 1.54) is 49.7 Å². The molecular weight excluding hydrogens is 422 g/mol. The van der Waals surface area contributed by atoms with Crippen LogP contribution in [0, 0.1) is 0 Å². The molecule has 0 unspecified atom stereocenters. The van der Waals surface area contributed by atoms with Crippen molar-refractivity contribution in [3.63, 3.8) is 0 Å². The Kier molecular flexibility index (Phi) is 9.66. The Labute approximate surface area is 203 Å². The van der Waals surface area contributed by atoms with Crippen LogP contribution in [0.2, 0.25) is 0 Å². The van der Waals surface area contributed by atoms with Gasteiger partial charge in [0.2, 0.25) is 5.95 Å². The number of aromatic nitrogens is 3. The summed E-state index contributed by atoms with van der Waals surface area (Å²) in [7, 11) is 0. The van der Waals surface area contributed by atoms with E-state index in [2.05, 4.69) is 60.5 Å². The van der Waals surface area contributed by atoms with Gasteiger partial charge in [-0.15, -0.1) is 0 Å². The molecule has 2 aromatic heterocycles. The normalized spacial score (nSPS) is 14.1. The molecule has 4 N–H and O–H groups in total. The maximum absolute atomic E-state index is 4.54. The first-order chi connectivity index (χ1) is 16.8. The molecule has 34 heavy (non-hydrogen) atoms. The van der Waals surface area contributed by atoms with Gasteiger partial charge in [-0.3, -0.25) is 4.98 Å². The maximum Gasteiger partial charge on any atom is 0.224 e. The summed E-state index contributed by atoms with van der Waals surface area (Å²) >= 11 is 0. The first-order valence-corrected chi connectivity index (χ1v) is 12.6. The Morgan fingerprint density at radius 2 is 1.56 bits per heavy atom. The van der Waals surface area contributed by atoms with Gasteiger partial charge in [0.15, 0.2) is 0 Å². The van der Waals surface area contributed by atoms with Gasteiger partial charge in [0.25, 0.3) is 0 Å². The number of pyridine rings is 1. The molecule has 7 heteroatoms. The Hall–Kier alpha value is -3.03. The zero-order valence-corrected chi connectivity index (χ0v) is 20.0. The average Bonchev–Trinajstić information content (AvgIpc) is 2.90. The lowest BCUT2D eigenvalue weighted by atomic mass is 9.95. The summed E-state index contributed by atoms with van der Waals surface area (Å²) in [5.74, 6) is 1.39. The Bertz CT molecular complexity index is 956. The quantitative estimate of drug-likeness (QED) is 0.280. The molecule has 3 aromatic rings. The van der Waals surface area contributed by atoms with Gasteiger partial charge < -0.3 is 21.3 Å². The minimum Gasteiger partial charge on any atom is -0.366 e. The molecular formula is C27H37N7. The SMILES string of the molecule is c1ccc(CNc2nccc(NCc3ccc(CNCCCNC4CCCCC4)cc3)n2)nc1. The van der Waals surface area contributed by atoms with Crippen molar-refractivity contribution in [2.45, 2.75) is 64.2 Å². The van der Waals surface area contributed by atoms with Gasteiger partial charge in [-0.05, 0) is 61.7 Å². The van der Waals surface area contributed by atoms with Gasteiger partial charge in [-0.1, -0.05) is 49.6 Å². The van der Waals surface area contributed by atoms with Crippen LogP contribution in [0.4, 0.5) is 11.8 Å².